The van der Waals surface area contributed by atoms with Crippen LogP contribution in [0.5, 0.6) is 0 Å². The molecule has 6 heteroatoms. The number of hydrogen-bond acceptors (Lipinski definition) is 3. The van der Waals surface area contributed by atoms with Gasteiger partial charge in [-0.3, -0.25) is 9.69 Å². The Morgan fingerprint density at radius 2 is 2.13 bits per heavy atom. The van der Waals surface area contributed by atoms with Crippen LogP contribution < -0.4 is 5.32 Å². The maximum absolute atomic E-state index is 12.1. The molecule has 5 nitrogen and oxygen atoms in total. The second-order valence-corrected chi connectivity index (χ2v) is 6.67. The first-order valence-electron chi connectivity index (χ1n) is 8.05. The zero-order valence-corrected chi connectivity index (χ0v) is 14.2. The third kappa shape index (κ3) is 4.47. The van der Waals surface area contributed by atoms with Gasteiger partial charge in [0.25, 0.3) is 0 Å². The van der Waals surface area contributed by atoms with E-state index >= 15 is 0 Å². The number of hydrogen-bond donors (Lipinski definition) is 2. The number of nitrogens with zero attached hydrogens (tertiary/aromatic N) is 2. The van der Waals surface area contributed by atoms with Gasteiger partial charge in [0.15, 0.2) is 0 Å². The standard InChI is InChI=1S/C17H23ClN4O/c1-21-5-2-6-22(8-7-21)12-17(23)19-11-15-10-13-9-14(18)3-4-16(13)20-15/h3-4,9-10,20H,2,5-8,11-12H2,1H3,(H,19,23). The monoisotopic (exact) mass is 334 g/mol. The number of benzene rings is 1. The summed E-state index contributed by atoms with van der Waals surface area (Å²) in [6.45, 7) is 5.06. The Morgan fingerprint density at radius 1 is 1.26 bits per heavy atom. The summed E-state index contributed by atoms with van der Waals surface area (Å²) in [6, 6.07) is 7.77. The number of fused-ring (bicyclic) bond motifs is 1. The number of likely N-dealkylation sites (N-methyl/N-ethyl adjacent to an activating group) is 1. The summed E-state index contributed by atoms with van der Waals surface area (Å²) in [6.07, 6.45) is 1.12. The highest BCUT2D eigenvalue weighted by Gasteiger charge is 2.15. The van der Waals surface area contributed by atoms with Crippen LogP contribution in [0.25, 0.3) is 10.9 Å². The fourth-order valence-electron chi connectivity index (χ4n) is 2.97. The third-order valence-corrected chi connectivity index (χ3v) is 4.53. The van der Waals surface area contributed by atoms with Crippen molar-refractivity contribution in [2.45, 2.75) is 13.0 Å². The quantitative estimate of drug-likeness (QED) is 0.900. The third-order valence-electron chi connectivity index (χ3n) is 4.29. The molecule has 124 valence electrons. The normalized spacial score (nSPS) is 17.3. The molecule has 0 radical (unpaired) electrons. The van der Waals surface area contributed by atoms with Gasteiger partial charge in [-0.15, -0.1) is 0 Å². The van der Waals surface area contributed by atoms with E-state index in [9.17, 15) is 4.79 Å². The fourth-order valence-corrected chi connectivity index (χ4v) is 3.15. The van der Waals surface area contributed by atoms with Gasteiger partial charge in [0.2, 0.25) is 5.91 Å². The molecule has 0 spiro atoms. The van der Waals surface area contributed by atoms with Gasteiger partial charge in [0.1, 0.15) is 0 Å². The highest BCUT2D eigenvalue weighted by molar-refractivity contribution is 6.31. The summed E-state index contributed by atoms with van der Waals surface area (Å²) >= 11 is 5.99. The Bertz CT molecular complexity index is 684. The van der Waals surface area contributed by atoms with Crippen molar-refractivity contribution in [1.82, 2.24) is 20.1 Å². The molecule has 1 amide bonds. The van der Waals surface area contributed by atoms with Crippen LogP contribution in [0.1, 0.15) is 12.1 Å². The molecule has 23 heavy (non-hydrogen) atoms. The molecule has 3 rings (SSSR count). The number of aromatic nitrogens is 1. The average Bonchev–Trinajstić information content (AvgIpc) is 2.81. The molecule has 1 aromatic heterocycles. The average molecular weight is 335 g/mol. The van der Waals surface area contributed by atoms with E-state index in [-0.39, 0.29) is 5.91 Å². The zero-order chi connectivity index (χ0) is 16.2. The minimum atomic E-state index is 0.0752. The number of halogens is 1. The van der Waals surface area contributed by atoms with E-state index in [2.05, 4.69) is 27.1 Å². The smallest absolute Gasteiger partial charge is 0.234 e. The van der Waals surface area contributed by atoms with Gasteiger partial charge in [-0.2, -0.15) is 0 Å². The summed E-state index contributed by atoms with van der Waals surface area (Å²) in [5.41, 5.74) is 2.03. The van der Waals surface area contributed by atoms with E-state index in [1.165, 1.54) is 0 Å². The molecule has 1 aromatic carbocycles. The highest BCUT2D eigenvalue weighted by Crippen LogP contribution is 2.19. The molecule has 2 heterocycles. The first kappa shape index (κ1) is 16.3. The number of nitrogens with one attached hydrogen (secondary N) is 2. The summed E-state index contributed by atoms with van der Waals surface area (Å²) < 4.78 is 0. The predicted octanol–water partition coefficient (Wildman–Crippen LogP) is 2.08. The molecule has 2 aromatic rings. The van der Waals surface area contributed by atoms with Gasteiger partial charge >= 0.3 is 0 Å². The number of aromatic amines is 1. The minimum Gasteiger partial charge on any atom is -0.357 e. The van der Waals surface area contributed by atoms with Crippen molar-refractivity contribution >= 4 is 28.4 Å². The Kier molecular flexibility index (Phi) is 5.20. The highest BCUT2D eigenvalue weighted by atomic mass is 35.5. The summed E-state index contributed by atoms with van der Waals surface area (Å²) in [5.74, 6) is 0.0752. The van der Waals surface area contributed by atoms with Crippen molar-refractivity contribution < 1.29 is 4.79 Å². The summed E-state index contributed by atoms with van der Waals surface area (Å²) in [4.78, 5) is 20.0. The number of amides is 1. The lowest BCUT2D eigenvalue weighted by Crippen LogP contribution is -2.38. The Morgan fingerprint density at radius 3 is 3.00 bits per heavy atom. The fraction of sp³-hybridized carbons (Fsp3) is 0.471. The first-order chi connectivity index (χ1) is 11.1. The molecule has 2 N–H and O–H groups in total. The summed E-state index contributed by atoms with van der Waals surface area (Å²) in [7, 11) is 2.13. The van der Waals surface area contributed by atoms with Crippen LogP contribution >= 0.6 is 11.6 Å². The maximum atomic E-state index is 12.1. The van der Waals surface area contributed by atoms with Gasteiger partial charge in [-0.25, -0.2) is 0 Å². The zero-order valence-electron chi connectivity index (χ0n) is 13.4. The number of rotatable bonds is 4. The molecule has 0 bridgehead atoms. The molecule has 1 aliphatic heterocycles. The van der Waals surface area contributed by atoms with Crippen LogP contribution in [0.4, 0.5) is 0 Å². The van der Waals surface area contributed by atoms with E-state index in [1.807, 2.05) is 24.3 Å². The molecular formula is C17H23ClN4O. The van der Waals surface area contributed by atoms with Gasteiger partial charge in [0, 0.05) is 34.7 Å². The number of carbonyl (C=O) groups is 1. The van der Waals surface area contributed by atoms with Crippen LogP contribution in [0.2, 0.25) is 5.02 Å². The molecular weight excluding hydrogens is 312 g/mol. The summed E-state index contributed by atoms with van der Waals surface area (Å²) in [5, 5.41) is 4.78. The van der Waals surface area contributed by atoms with E-state index in [0.717, 1.165) is 54.2 Å². The molecule has 0 atom stereocenters. The van der Waals surface area contributed by atoms with E-state index in [0.29, 0.717) is 13.1 Å². The van der Waals surface area contributed by atoms with Crippen LogP contribution in [0.3, 0.4) is 0 Å². The van der Waals surface area contributed by atoms with Gasteiger partial charge in [0.05, 0.1) is 13.1 Å². The lowest BCUT2D eigenvalue weighted by atomic mass is 10.2. The van der Waals surface area contributed by atoms with Crippen molar-refractivity contribution in [3.8, 4) is 0 Å². The van der Waals surface area contributed by atoms with Crippen molar-refractivity contribution in [2.24, 2.45) is 0 Å². The second kappa shape index (κ2) is 7.34. The second-order valence-electron chi connectivity index (χ2n) is 6.24. The van der Waals surface area contributed by atoms with Gasteiger partial charge in [-0.05, 0) is 50.8 Å². The molecule has 0 aliphatic carbocycles. The van der Waals surface area contributed by atoms with E-state index < -0.39 is 0 Å². The Labute approximate surface area is 141 Å². The van der Waals surface area contributed by atoms with Crippen LogP contribution in [0.15, 0.2) is 24.3 Å². The van der Waals surface area contributed by atoms with Crippen LogP contribution in [-0.2, 0) is 11.3 Å². The molecule has 1 fully saturated rings. The molecule has 1 saturated heterocycles. The van der Waals surface area contributed by atoms with E-state index in [4.69, 9.17) is 11.6 Å². The minimum absolute atomic E-state index is 0.0752. The lowest BCUT2D eigenvalue weighted by Gasteiger charge is -2.19. The first-order valence-corrected chi connectivity index (χ1v) is 8.43. The Balaban J connectivity index is 1.51. The SMILES string of the molecule is CN1CCCN(CC(=O)NCc2cc3cc(Cl)ccc3[nH]2)CC1. The van der Waals surface area contributed by atoms with E-state index in [1.54, 1.807) is 0 Å². The van der Waals surface area contributed by atoms with Crippen molar-refractivity contribution in [1.29, 1.82) is 0 Å². The van der Waals surface area contributed by atoms with Gasteiger partial charge in [-0.1, -0.05) is 11.6 Å². The lowest BCUT2D eigenvalue weighted by molar-refractivity contribution is -0.122. The molecule has 0 saturated carbocycles. The van der Waals surface area contributed by atoms with Crippen LogP contribution in [-0.4, -0.2) is 60.5 Å². The van der Waals surface area contributed by atoms with Gasteiger partial charge < -0.3 is 15.2 Å². The predicted molar refractivity (Wildman–Crippen MR) is 93.7 cm³/mol. The molecule has 1 aliphatic rings. The number of H-pyrrole nitrogens is 1. The Hall–Kier alpha value is -1.56. The van der Waals surface area contributed by atoms with Crippen molar-refractivity contribution in [2.75, 3.05) is 39.8 Å². The van der Waals surface area contributed by atoms with Crippen molar-refractivity contribution in [3.63, 3.8) is 0 Å². The largest absolute Gasteiger partial charge is 0.357 e. The topological polar surface area (TPSA) is 51.4 Å². The van der Waals surface area contributed by atoms with Crippen molar-refractivity contribution in [3.05, 3.63) is 35.0 Å². The maximum Gasteiger partial charge on any atom is 0.234 e. The number of carbonyl (C=O) groups excluding carboxylic acids is 1. The molecule has 0 unspecified atom stereocenters. The van der Waals surface area contributed by atoms with Crippen LogP contribution in [0, 0.1) is 0 Å².